The minimum atomic E-state index is -0.0503. The Morgan fingerprint density at radius 2 is 1.34 bits per heavy atom. The number of aryl methyl sites for hydroxylation is 1. The van der Waals surface area contributed by atoms with Crippen molar-refractivity contribution in [1.82, 2.24) is 14.9 Å². The van der Waals surface area contributed by atoms with Crippen molar-refractivity contribution in [2.75, 3.05) is 6.61 Å². The molecular weight excluding hydrogens is 398 g/mol. The highest BCUT2D eigenvalue weighted by Crippen LogP contribution is 2.23. The third kappa shape index (κ3) is 4.10. The number of benzene rings is 3. The third-order valence-corrected chi connectivity index (χ3v) is 5.83. The van der Waals surface area contributed by atoms with Crippen LogP contribution in [0.1, 0.15) is 16.7 Å². The van der Waals surface area contributed by atoms with Crippen LogP contribution in [0.3, 0.4) is 0 Å². The Balaban J connectivity index is 1.42. The average Bonchev–Trinajstić information content (AvgIpc) is 3.48. The number of carbonyl (C=O) groups is 1. The van der Waals surface area contributed by atoms with Gasteiger partial charge in [-0.3, -0.25) is 4.79 Å². The van der Waals surface area contributed by atoms with Crippen LogP contribution in [0.2, 0.25) is 0 Å². The molecule has 5 rings (SSSR count). The highest BCUT2D eigenvalue weighted by atomic mass is 16.5. The third-order valence-electron chi connectivity index (χ3n) is 5.83. The Labute approximate surface area is 186 Å². The molecule has 0 radical (unpaired) electrons. The minimum Gasteiger partial charge on any atom is -0.484 e. The lowest BCUT2D eigenvalue weighted by Gasteiger charge is -2.24. The quantitative estimate of drug-likeness (QED) is 0.360. The largest absolute Gasteiger partial charge is 0.484 e. The normalized spacial score (nSPS) is 11.2. The molecule has 3 aromatic carbocycles. The van der Waals surface area contributed by atoms with Gasteiger partial charge in [-0.1, -0.05) is 42.0 Å². The number of amides is 1. The molecule has 0 aliphatic heterocycles. The number of nitrogens with one attached hydrogen (secondary N) is 2. The summed E-state index contributed by atoms with van der Waals surface area (Å²) in [7, 11) is 0. The number of ether oxygens (including phenoxy) is 1. The summed E-state index contributed by atoms with van der Waals surface area (Å²) in [5, 5.41) is 2.26. The molecule has 160 valence electrons. The molecule has 5 aromatic rings. The number of hydrogen-bond acceptors (Lipinski definition) is 2. The van der Waals surface area contributed by atoms with E-state index in [9.17, 15) is 4.79 Å². The van der Waals surface area contributed by atoms with Gasteiger partial charge in [-0.15, -0.1) is 0 Å². The molecule has 2 N–H and O–H groups in total. The number of aromatic amines is 2. The number of H-pyrrole nitrogens is 2. The fourth-order valence-electron chi connectivity index (χ4n) is 4.09. The van der Waals surface area contributed by atoms with Crippen LogP contribution in [-0.4, -0.2) is 27.4 Å². The second-order valence-corrected chi connectivity index (χ2v) is 8.06. The second-order valence-electron chi connectivity index (χ2n) is 8.06. The molecule has 0 saturated carbocycles. The van der Waals surface area contributed by atoms with Crippen LogP contribution in [0.5, 0.6) is 5.75 Å². The first-order valence-corrected chi connectivity index (χ1v) is 10.7. The maximum absolute atomic E-state index is 13.3. The van der Waals surface area contributed by atoms with Gasteiger partial charge in [-0.05, 0) is 54.4 Å². The summed E-state index contributed by atoms with van der Waals surface area (Å²) in [6, 6.07) is 24.2. The van der Waals surface area contributed by atoms with E-state index in [0.29, 0.717) is 18.8 Å². The van der Waals surface area contributed by atoms with Gasteiger partial charge in [-0.2, -0.15) is 0 Å². The molecular formula is C27H25N3O2. The molecule has 0 spiro atoms. The molecule has 5 heteroatoms. The van der Waals surface area contributed by atoms with Crippen molar-refractivity contribution in [2.45, 2.75) is 20.0 Å². The number of fused-ring (bicyclic) bond motifs is 2. The van der Waals surface area contributed by atoms with Crippen LogP contribution < -0.4 is 4.74 Å². The minimum absolute atomic E-state index is 0.00467. The Bertz CT molecular complexity index is 1290. The standard InChI is InChI=1S/C27H25N3O2/c1-19-8-10-22(11-9-19)32-18-27(31)30(16-20-4-2-6-25-23(20)12-14-28-25)17-21-5-3-7-26-24(21)13-15-29-26/h2-15,28-29H,16-18H2,1H3. The Morgan fingerprint density at radius 1 is 0.781 bits per heavy atom. The fraction of sp³-hybridized carbons (Fsp3) is 0.148. The summed E-state index contributed by atoms with van der Waals surface area (Å²) < 4.78 is 5.82. The molecule has 0 aliphatic carbocycles. The average molecular weight is 424 g/mol. The van der Waals surface area contributed by atoms with Crippen LogP contribution in [0.4, 0.5) is 0 Å². The zero-order chi connectivity index (χ0) is 21.9. The van der Waals surface area contributed by atoms with Crippen molar-refractivity contribution in [3.05, 3.63) is 102 Å². The molecule has 0 atom stereocenters. The fourth-order valence-corrected chi connectivity index (χ4v) is 4.09. The zero-order valence-corrected chi connectivity index (χ0v) is 18.0. The van der Waals surface area contributed by atoms with Gasteiger partial charge < -0.3 is 19.6 Å². The lowest BCUT2D eigenvalue weighted by Crippen LogP contribution is -2.34. The van der Waals surface area contributed by atoms with E-state index < -0.39 is 0 Å². The van der Waals surface area contributed by atoms with Crippen LogP contribution in [0.15, 0.2) is 85.2 Å². The van der Waals surface area contributed by atoms with E-state index in [-0.39, 0.29) is 12.5 Å². The summed E-state index contributed by atoms with van der Waals surface area (Å²) in [5.41, 5.74) is 5.50. The molecule has 32 heavy (non-hydrogen) atoms. The van der Waals surface area contributed by atoms with Gasteiger partial charge in [0.15, 0.2) is 6.61 Å². The van der Waals surface area contributed by atoms with E-state index in [4.69, 9.17) is 4.74 Å². The van der Waals surface area contributed by atoms with Gasteiger partial charge in [0.05, 0.1) is 0 Å². The first-order valence-electron chi connectivity index (χ1n) is 10.7. The maximum atomic E-state index is 13.3. The van der Waals surface area contributed by atoms with E-state index >= 15 is 0 Å². The van der Waals surface area contributed by atoms with Gasteiger partial charge in [0.1, 0.15) is 5.75 Å². The lowest BCUT2D eigenvalue weighted by molar-refractivity contribution is -0.134. The lowest BCUT2D eigenvalue weighted by atomic mass is 10.1. The topological polar surface area (TPSA) is 61.1 Å². The van der Waals surface area contributed by atoms with Crippen LogP contribution in [0.25, 0.3) is 21.8 Å². The maximum Gasteiger partial charge on any atom is 0.261 e. The predicted molar refractivity (Wildman–Crippen MR) is 128 cm³/mol. The first-order chi connectivity index (χ1) is 15.7. The number of rotatable bonds is 7. The Hall–Kier alpha value is -3.99. The molecule has 5 nitrogen and oxygen atoms in total. The number of carbonyl (C=O) groups excluding carboxylic acids is 1. The van der Waals surface area contributed by atoms with E-state index in [1.807, 2.05) is 72.7 Å². The van der Waals surface area contributed by atoms with Gasteiger partial charge in [-0.25, -0.2) is 0 Å². The van der Waals surface area contributed by atoms with Crippen LogP contribution in [0, 0.1) is 6.92 Å². The molecule has 2 heterocycles. The number of aromatic nitrogens is 2. The number of hydrogen-bond donors (Lipinski definition) is 2. The summed E-state index contributed by atoms with van der Waals surface area (Å²) in [5.74, 6) is 0.648. The van der Waals surface area contributed by atoms with Crippen molar-refractivity contribution >= 4 is 27.7 Å². The van der Waals surface area contributed by atoms with E-state index in [1.165, 1.54) is 0 Å². The van der Waals surface area contributed by atoms with Crippen molar-refractivity contribution in [2.24, 2.45) is 0 Å². The summed E-state index contributed by atoms with van der Waals surface area (Å²) >= 11 is 0. The molecule has 0 fully saturated rings. The van der Waals surface area contributed by atoms with E-state index in [1.54, 1.807) is 0 Å². The molecule has 1 amide bonds. The van der Waals surface area contributed by atoms with Crippen LogP contribution in [-0.2, 0) is 17.9 Å². The zero-order valence-electron chi connectivity index (χ0n) is 18.0. The van der Waals surface area contributed by atoms with Crippen molar-refractivity contribution < 1.29 is 9.53 Å². The first kappa shape index (κ1) is 19.9. The molecule has 0 aliphatic rings. The molecule has 2 aromatic heterocycles. The van der Waals surface area contributed by atoms with Gasteiger partial charge in [0.25, 0.3) is 5.91 Å². The van der Waals surface area contributed by atoms with Crippen LogP contribution >= 0.6 is 0 Å². The highest BCUT2D eigenvalue weighted by Gasteiger charge is 2.18. The smallest absolute Gasteiger partial charge is 0.261 e. The molecule has 0 unspecified atom stereocenters. The number of nitrogens with zero attached hydrogens (tertiary/aromatic N) is 1. The van der Waals surface area contributed by atoms with Gasteiger partial charge in [0.2, 0.25) is 0 Å². The van der Waals surface area contributed by atoms with Crippen molar-refractivity contribution in [3.63, 3.8) is 0 Å². The van der Waals surface area contributed by atoms with E-state index in [2.05, 4.69) is 34.2 Å². The Kier molecular flexibility index (Phi) is 5.38. The SMILES string of the molecule is Cc1ccc(OCC(=O)N(Cc2cccc3[nH]ccc23)Cc2cccc3[nH]ccc23)cc1. The summed E-state index contributed by atoms with van der Waals surface area (Å²) in [6.07, 6.45) is 3.86. The summed E-state index contributed by atoms with van der Waals surface area (Å²) in [6.45, 7) is 3.04. The molecule has 0 bridgehead atoms. The van der Waals surface area contributed by atoms with Gasteiger partial charge in [0, 0.05) is 47.3 Å². The van der Waals surface area contributed by atoms with E-state index in [0.717, 1.165) is 38.5 Å². The highest BCUT2D eigenvalue weighted by molar-refractivity contribution is 5.85. The van der Waals surface area contributed by atoms with Crippen molar-refractivity contribution in [3.8, 4) is 5.75 Å². The second kappa shape index (κ2) is 8.63. The predicted octanol–water partition coefficient (Wildman–Crippen LogP) is 5.57. The summed E-state index contributed by atoms with van der Waals surface area (Å²) in [4.78, 5) is 21.7. The Morgan fingerprint density at radius 3 is 1.91 bits per heavy atom. The van der Waals surface area contributed by atoms with Gasteiger partial charge >= 0.3 is 0 Å². The van der Waals surface area contributed by atoms with Crippen molar-refractivity contribution in [1.29, 1.82) is 0 Å². The monoisotopic (exact) mass is 423 g/mol. The molecule has 0 saturated heterocycles.